The van der Waals surface area contributed by atoms with Crippen LogP contribution in [0.3, 0.4) is 0 Å². The zero-order valence-corrected chi connectivity index (χ0v) is 34.8. The van der Waals surface area contributed by atoms with E-state index in [1.807, 2.05) is 22.7 Å². The van der Waals surface area contributed by atoms with E-state index < -0.39 is 0 Å². The molecule has 10 aromatic carbocycles. The predicted octanol–water partition coefficient (Wildman–Crippen LogP) is 17.7. The summed E-state index contributed by atoms with van der Waals surface area (Å²) in [7, 11) is 0. The summed E-state index contributed by atoms with van der Waals surface area (Å²) >= 11 is 3.76. The average Bonchev–Trinajstić information content (AvgIpc) is 3.91. The van der Waals surface area contributed by atoms with Crippen LogP contribution in [0.5, 0.6) is 0 Å². The molecule has 61 heavy (non-hydrogen) atoms. The molecule has 12 aromatic rings. The van der Waals surface area contributed by atoms with Gasteiger partial charge in [0.2, 0.25) is 0 Å². The van der Waals surface area contributed by atoms with Gasteiger partial charge in [-0.05, 0) is 104 Å². The lowest BCUT2D eigenvalue weighted by Crippen LogP contribution is -2.10. The summed E-state index contributed by atoms with van der Waals surface area (Å²) in [4.78, 5) is 2.48. The Kier molecular flexibility index (Phi) is 8.62. The minimum atomic E-state index is 1.12. The second-order valence-electron chi connectivity index (χ2n) is 15.6. The second-order valence-corrected chi connectivity index (χ2v) is 17.8. The molecule has 0 spiro atoms. The van der Waals surface area contributed by atoms with Crippen molar-refractivity contribution < 1.29 is 0 Å². The molecule has 0 aliphatic heterocycles. The van der Waals surface area contributed by atoms with Gasteiger partial charge in [0.25, 0.3) is 0 Å². The summed E-state index contributed by atoms with van der Waals surface area (Å²) in [5, 5.41) is 7.65. The van der Waals surface area contributed by atoms with Gasteiger partial charge in [0.1, 0.15) is 0 Å². The minimum Gasteiger partial charge on any atom is -0.310 e. The highest BCUT2D eigenvalue weighted by Gasteiger charge is 2.22. The van der Waals surface area contributed by atoms with Gasteiger partial charge in [-0.3, -0.25) is 0 Å². The Morgan fingerprint density at radius 3 is 1.69 bits per heavy atom. The largest absolute Gasteiger partial charge is 0.310 e. The molecule has 12 rings (SSSR count). The molecule has 0 aliphatic rings. The molecule has 2 aromatic heterocycles. The maximum atomic E-state index is 2.48. The van der Waals surface area contributed by atoms with Gasteiger partial charge in [-0.1, -0.05) is 176 Å². The van der Waals surface area contributed by atoms with Crippen LogP contribution in [-0.4, -0.2) is 0 Å². The smallest absolute Gasteiger partial charge is 0.0555 e. The Labute approximate surface area is 362 Å². The van der Waals surface area contributed by atoms with Crippen LogP contribution in [0.15, 0.2) is 224 Å². The summed E-state index contributed by atoms with van der Waals surface area (Å²) in [5.41, 5.74) is 13.3. The molecule has 0 unspecified atom stereocenters. The summed E-state index contributed by atoms with van der Waals surface area (Å²) in [6.45, 7) is 0. The first-order valence-electron chi connectivity index (χ1n) is 20.7. The predicted molar refractivity (Wildman–Crippen MR) is 266 cm³/mol. The Hall–Kier alpha value is -7.30. The van der Waals surface area contributed by atoms with Crippen LogP contribution in [0.25, 0.3) is 95.6 Å². The number of fused-ring (bicyclic) bond motifs is 7. The monoisotopic (exact) mass is 811 g/mol. The molecule has 0 fully saturated rings. The standard InChI is InChI=1S/C58H37NS2/c1-3-12-38(13-4-1)44-28-32-50-52-37-46(31-35-55(52)60-56(50)36-44)59(53-34-33-49(42-14-5-2-6-15-42)58-57(53)51-19-9-10-21-54(51)61-58)45-29-26-40(27-30-45)39-22-24-43(25-23-39)48-20-11-17-41-16-7-8-18-47(41)48/h1-37H. The van der Waals surface area contributed by atoms with E-state index in [0.717, 1.165) is 11.4 Å². The fourth-order valence-electron chi connectivity index (χ4n) is 9.11. The summed E-state index contributed by atoms with van der Waals surface area (Å²) < 4.78 is 5.18. The van der Waals surface area contributed by atoms with Crippen molar-refractivity contribution in [1.29, 1.82) is 0 Å². The number of hydrogen-bond acceptors (Lipinski definition) is 3. The molecule has 3 heteroatoms. The van der Waals surface area contributed by atoms with Crippen molar-refractivity contribution in [3.05, 3.63) is 224 Å². The fourth-order valence-corrected chi connectivity index (χ4v) is 11.5. The second kappa shape index (κ2) is 14.8. The van der Waals surface area contributed by atoms with E-state index in [0.29, 0.717) is 0 Å². The third kappa shape index (κ3) is 6.21. The molecule has 0 radical (unpaired) electrons. The molecular weight excluding hydrogens is 775 g/mol. The van der Waals surface area contributed by atoms with Crippen LogP contribution in [0, 0.1) is 0 Å². The van der Waals surface area contributed by atoms with E-state index in [1.54, 1.807) is 0 Å². The summed E-state index contributed by atoms with van der Waals surface area (Å²) in [5.74, 6) is 0. The number of anilines is 3. The lowest BCUT2D eigenvalue weighted by molar-refractivity contribution is 1.31. The van der Waals surface area contributed by atoms with Crippen molar-refractivity contribution >= 4 is 90.9 Å². The molecule has 0 atom stereocenters. The molecule has 0 saturated carbocycles. The van der Waals surface area contributed by atoms with Crippen LogP contribution >= 0.6 is 22.7 Å². The SMILES string of the molecule is c1ccc(-c2ccc3c(c2)sc2ccc(N(c4ccc(-c5ccc(-c6cccc7ccccc67)cc5)cc4)c4ccc(-c5ccccc5)c5sc6ccccc6c45)cc23)cc1. The summed E-state index contributed by atoms with van der Waals surface area (Å²) in [6, 6.07) is 82.3. The van der Waals surface area contributed by atoms with Gasteiger partial charge >= 0.3 is 0 Å². The minimum absolute atomic E-state index is 1.12. The first-order valence-corrected chi connectivity index (χ1v) is 22.4. The van der Waals surface area contributed by atoms with Crippen molar-refractivity contribution in [2.75, 3.05) is 4.90 Å². The Morgan fingerprint density at radius 2 is 0.885 bits per heavy atom. The van der Waals surface area contributed by atoms with Gasteiger partial charge in [0.05, 0.1) is 5.69 Å². The lowest BCUT2D eigenvalue weighted by Gasteiger charge is -2.27. The molecule has 2 heterocycles. The number of hydrogen-bond donors (Lipinski definition) is 0. The quantitative estimate of drug-likeness (QED) is 0.155. The number of thiophene rings is 2. The maximum Gasteiger partial charge on any atom is 0.0555 e. The van der Waals surface area contributed by atoms with E-state index in [1.165, 1.54) is 101 Å². The molecule has 1 nitrogen and oxygen atoms in total. The highest BCUT2D eigenvalue weighted by molar-refractivity contribution is 7.26. The number of benzene rings is 10. The average molecular weight is 812 g/mol. The van der Waals surface area contributed by atoms with Gasteiger partial charge < -0.3 is 4.90 Å². The molecule has 0 bridgehead atoms. The first kappa shape index (κ1) is 35.6. The Morgan fingerprint density at radius 1 is 0.295 bits per heavy atom. The van der Waals surface area contributed by atoms with Crippen LogP contribution in [0.1, 0.15) is 0 Å². The lowest BCUT2D eigenvalue weighted by atomic mass is 9.96. The topological polar surface area (TPSA) is 3.24 Å². The molecule has 0 amide bonds. The van der Waals surface area contributed by atoms with Crippen molar-refractivity contribution in [2.24, 2.45) is 0 Å². The Balaban J connectivity index is 1.01. The van der Waals surface area contributed by atoms with Crippen LogP contribution < -0.4 is 4.90 Å². The molecular formula is C58H37NS2. The third-order valence-electron chi connectivity index (χ3n) is 12.1. The highest BCUT2D eigenvalue weighted by Crippen LogP contribution is 2.49. The zero-order chi connectivity index (χ0) is 40.3. The van der Waals surface area contributed by atoms with Crippen LogP contribution in [-0.2, 0) is 0 Å². The van der Waals surface area contributed by atoms with Crippen molar-refractivity contribution in [2.45, 2.75) is 0 Å². The van der Waals surface area contributed by atoms with Crippen LogP contribution in [0.4, 0.5) is 17.1 Å². The fraction of sp³-hybridized carbons (Fsp3) is 0. The van der Waals surface area contributed by atoms with Crippen LogP contribution in [0.2, 0.25) is 0 Å². The van der Waals surface area contributed by atoms with E-state index in [2.05, 4.69) is 229 Å². The molecule has 0 saturated heterocycles. The van der Waals surface area contributed by atoms with Gasteiger partial charge in [-0.2, -0.15) is 0 Å². The van der Waals surface area contributed by atoms with Crippen molar-refractivity contribution in [1.82, 2.24) is 0 Å². The normalized spacial score (nSPS) is 11.6. The first-order chi connectivity index (χ1) is 30.2. The highest BCUT2D eigenvalue weighted by atomic mass is 32.1. The number of rotatable bonds is 7. The van der Waals surface area contributed by atoms with Gasteiger partial charge in [-0.25, -0.2) is 0 Å². The van der Waals surface area contributed by atoms with Gasteiger partial charge in [0, 0.05) is 51.7 Å². The Bertz CT molecular complexity index is 3560. The van der Waals surface area contributed by atoms with Crippen molar-refractivity contribution in [3.63, 3.8) is 0 Å². The van der Waals surface area contributed by atoms with Gasteiger partial charge in [-0.15, -0.1) is 22.7 Å². The van der Waals surface area contributed by atoms with E-state index >= 15 is 0 Å². The molecule has 286 valence electrons. The molecule has 0 N–H and O–H groups in total. The van der Waals surface area contributed by atoms with E-state index in [9.17, 15) is 0 Å². The third-order valence-corrected chi connectivity index (χ3v) is 14.4. The maximum absolute atomic E-state index is 2.48. The van der Waals surface area contributed by atoms with Crippen molar-refractivity contribution in [3.8, 4) is 44.5 Å². The zero-order valence-electron chi connectivity index (χ0n) is 33.1. The van der Waals surface area contributed by atoms with Gasteiger partial charge in [0.15, 0.2) is 0 Å². The van der Waals surface area contributed by atoms with E-state index in [4.69, 9.17) is 0 Å². The van der Waals surface area contributed by atoms with E-state index in [-0.39, 0.29) is 0 Å². The number of nitrogens with zero attached hydrogens (tertiary/aromatic N) is 1. The molecule has 0 aliphatic carbocycles. The summed E-state index contributed by atoms with van der Waals surface area (Å²) in [6.07, 6.45) is 0.